The lowest BCUT2D eigenvalue weighted by molar-refractivity contribution is 0.0861. The summed E-state index contributed by atoms with van der Waals surface area (Å²) in [6.45, 7) is 8.69. The summed E-state index contributed by atoms with van der Waals surface area (Å²) in [5.41, 5.74) is 3.31. The second kappa shape index (κ2) is 10.8. The molecule has 0 aromatic heterocycles. The van der Waals surface area contributed by atoms with Gasteiger partial charge in [-0.3, -0.25) is 0 Å². The highest BCUT2D eigenvalue weighted by Crippen LogP contribution is 2.59. The Labute approximate surface area is 216 Å². The topological polar surface area (TPSA) is 83.8 Å². The Hall–Kier alpha value is -1.89. The molecule has 6 atom stereocenters. The molecule has 1 aromatic carbocycles. The van der Waals surface area contributed by atoms with E-state index in [1.165, 1.54) is 12.0 Å². The molecule has 0 radical (unpaired) electrons. The molecule has 1 aromatic rings. The van der Waals surface area contributed by atoms with Crippen molar-refractivity contribution in [3.63, 3.8) is 0 Å². The lowest BCUT2D eigenvalue weighted by Crippen LogP contribution is -2.36. The lowest BCUT2D eigenvalue weighted by atomic mass is 9.61. The summed E-state index contributed by atoms with van der Waals surface area (Å²) in [5.74, 6) is 2.15. The molecule has 0 bridgehead atoms. The van der Waals surface area contributed by atoms with Crippen molar-refractivity contribution in [2.24, 2.45) is 23.2 Å². The van der Waals surface area contributed by atoms with Crippen molar-refractivity contribution < 1.29 is 23.4 Å². The van der Waals surface area contributed by atoms with Gasteiger partial charge in [-0.2, -0.15) is 0 Å². The van der Waals surface area contributed by atoms with Crippen LogP contribution in [-0.2, 0) is 9.84 Å². The van der Waals surface area contributed by atoms with E-state index in [4.69, 9.17) is 4.74 Å². The van der Waals surface area contributed by atoms with Crippen LogP contribution in [0.25, 0.3) is 0 Å². The van der Waals surface area contributed by atoms with Crippen molar-refractivity contribution in [1.82, 2.24) is 0 Å². The van der Waals surface area contributed by atoms with Gasteiger partial charge in [0.05, 0.1) is 30.0 Å². The van der Waals surface area contributed by atoms with Gasteiger partial charge in [-0.25, -0.2) is 8.42 Å². The predicted octanol–water partition coefficient (Wildman–Crippen LogP) is 5.64. The molecule has 0 unspecified atom stereocenters. The number of sulfone groups is 1. The van der Waals surface area contributed by atoms with E-state index < -0.39 is 22.0 Å². The third-order valence-electron chi connectivity index (χ3n) is 9.25. The fourth-order valence-corrected chi connectivity index (χ4v) is 8.59. The zero-order valence-electron chi connectivity index (χ0n) is 21.9. The number of ether oxygens (including phenoxy) is 1. The minimum Gasteiger partial charge on any atom is -0.497 e. The van der Waals surface area contributed by atoms with E-state index in [1.54, 1.807) is 31.4 Å². The summed E-state index contributed by atoms with van der Waals surface area (Å²) >= 11 is 0. The molecule has 0 saturated heterocycles. The van der Waals surface area contributed by atoms with Crippen molar-refractivity contribution in [3.05, 3.63) is 59.7 Å². The number of aliphatic hydroxyl groups is 2. The van der Waals surface area contributed by atoms with Crippen molar-refractivity contribution in [1.29, 1.82) is 0 Å². The molecular weight excluding hydrogens is 472 g/mol. The maximum Gasteiger partial charge on any atom is 0.178 e. The van der Waals surface area contributed by atoms with Crippen molar-refractivity contribution in [2.75, 3.05) is 12.9 Å². The Kier molecular flexibility index (Phi) is 8.18. The minimum absolute atomic E-state index is 0.166. The van der Waals surface area contributed by atoms with Crippen LogP contribution in [0.5, 0.6) is 5.75 Å². The molecule has 0 amide bonds. The van der Waals surface area contributed by atoms with E-state index in [0.717, 1.165) is 36.8 Å². The number of hydrogen-bond acceptors (Lipinski definition) is 5. The van der Waals surface area contributed by atoms with Gasteiger partial charge in [0.1, 0.15) is 5.75 Å². The average Bonchev–Trinajstić information content (AvgIpc) is 3.21. The van der Waals surface area contributed by atoms with E-state index in [2.05, 4.69) is 32.6 Å². The monoisotopic (exact) mass is 514 g/mol. The number of hydrogen-bond donors (Lipinski definition) is 2. The van der Waals surface area contributed by atoms with Gasteiger partial charge in [0, 0.05) is 6.42 Å². The van der Waals surface area contributed by atoms with Crippen molar-refractivity contribution >= 4 is 9.84 Å². The van der Waals surface area contributed by atoms with Gasteiger partial charge in [-0.1, -0.05) is 38.2 Å². The zero-order chi connectivity index (χ0) is 26.1. The van der Waals surface area contributed by atoms with Gasteiger partial charge < -0.3 is 14.9 Å². The van der Waals surface area contributed by atoms with E-state index in [1.807, 2.05) is 0 Å². The van der Waals surface area contributed by atoms with Crippen LogP contribution in [0.3, 0.4) is 0 Å². The molecular formula is C30H42O5S. The predicted molar refractivity (Wildman–Crippen MR) is 144 cm³/mol. The fraction of sp³-hybridized carbons (Fsp3) is 0.600. The van der Waals surface area contributed by atoms with Crippen molar-refractivity contribution in [3.8, 4) is 5.75 Å². The molecule has 0 heterocycles. The molecule has 0 spiro atoms. The van der Waals surface area contributed by atoms with Gasteiger partial charge in [0.25, 0.3) is 0 Å². The molecule has 3 aliphatic rings. The van der Waals surface area contributed by atoms with E-state index in [-0.39, 0.29) is 11.2 Å². The van der Waals surface area contributed by atoms with Gasteiger partial charge in [-0.05, 0) is 104 Å². The Morgan fingerprint density at radius 2 is 1.92 bits per heavy atom. The second-order valence-electron chi connectivity index (χ2n) is 11.4. The molecule has 3 saturated carbocycles. The van der Waals surface area contributed by atoms with Gasteiger partial charge in [-0.15, -0.1) is 0 Å². The molecule has 3 fully saturated rings. The molecule has 198 valence electrons. The summed E-state index contributed by atoms with van der Waals surface area (Å²) in [5, 5.41) is 20.3. The van der Waals surface area contributed by atoms with Crippen LogP contribution in [0.1, 0.15) is 65.2 Å². The van der Waals surface area contributed by atoms with Gasteiger partial charge in [0.2, 0.25) is 0 Å². The molecule has 2 N–H and O–H groups in total. The lowest BCUT2D eigenvalue weighted by Gasteiger charge is -2.44. The molecule has 0 aliphatic heterocycles. The molecule has 36 heavy (non-hydrogen) atoms. The molecule has 4 rings (SSSR count). The summed E-state index contributed by atoms with van der Waals surface area (Å²) < 4.78 is 31.1. The smallest absolute Gasteiger partial charge is 0.178 e. The standard InChI is InChI=1S/C30H42O5S/c1-20(15-17-36(33,34)26-11-9-25(35-4)10-12-26)27-13-14-28-22(6-5-16-30(27,28)3)7-8-23-18-24(31)19-29(32)21(23)2/h7-12,20,24,27-29,31-32H,2,5-6,13-19H2,1,3-4H3/b22-7+,23-8-/t20-,24-,27-,28+,29+,30-/m1/s1. The summed E-state index contributed by atoms with van der Waals surface area (Å²) in [6.07, 6.45) is 10.4. The number of allylic oxidation sites excluding steroid dienone is 3. The van der Waals surface area contributed by atoms with Crippen LogP contribution >= 0.6 is 0 Å². The number of methoxy groups -OCH3 is 1. The highest BCUT2D eigenvalue weighted by Gasteiger charge is 2.50. The maximum atomic E-state index is 13.0. The third-order valence-corrected chi connectivity index (χ3v) is 11.0. The number of benzene rings is 1. The van der Waals surface area contributed by atoms with Crippen LogP contribution in [0, 0.1) is 23.2 Å². The second-order valence-corrected chi connectivity index (χ2v) is 13.5. The van der Waals surface area contributed by atoms with Crippen LogP contribution < -0.4 is 4.74 Å². The Morgan fingerprint density at radius 1 is 1.19 bits per heavy atom. The van der Waals surface area contributed by atoms with E-state index in [0.29, 0.717) is 47.7 Å². The maximum absolute atomic E-state index is 13.0. The first-order valence-corrected chi connectivity index (χ1v) is 15.0. The highest BCUT2D eigenvalue weighted by molar-refractivity contribution is 7.91. The summed E-state index contributed by atoms with van der Waals surface area (Å²) in [4.78, 5) is 0.362. The largest absolute Gasteiger partial charge is 0.497 e. The number of aliphatic hydroxyl groups excluding tert-OH is 2. The first kappa shape index (κ1) is 27.2. The van der Waals surface area contributed by atoms with Crippen molar-refractivity contribution in [2.45, 2.75) is 82.3 Å². The highest BCUT2D eigenvalue weighted by atomic mass is 32.2. The average molecular weight is 515 g/mol. The summed E-state index contributed by atoms with van der Waals surface area (Å²) in [7, 11) is -1.75. The summed E-state index contributed by atoms with van der Waals surface area (Å²) in [6, 6.07) is 6.68. The van der Waals surface area contributed by atoms with E-state index in [9.17, 15) is 18.6 Å². The Bertz CT molecular complexity index is 1120. The van der Waals surface area contributed by atoms with Gasteiger partial charge in [0.15, 0.2) is 9.84 Å². The molecule has 6 heteroatoms. The fourth-order valence-electron chi connectivity index (χ4n) is 7.12. The zero-order valence-corrected chi connectivity index (χ0v) is 22.8. The van der Waals surface area contributed by atoms with Gasteiger partial charge >= 0.3 is 0 Å². The Morgan fingerprint density at radius 3 is 2.61 bits per heavy atom. The van der Waals surface area contributed by atoms with E-state index >= 15 is 0 Å². The first-order chi connectivity index (χ1) is 17.0. The number of fused-ring (bicyclic) bond motifs is 1. The van der Waals surface area contributed by atoms with Crippen LogP contribution in [-0.4, -0.2) is 43.7 Å². The molecule has 3 aliphatic carbocycles. The minimum atomic E-state index is -3.33. The number of rotatable bonds is 7. The SMILES string of the molecule is C=C1/C(=C\C=C2/CCC[C@]3(C)[C@@H]([C@H](C)CCS(=O)(=O)c4ccc(OC)cc4)CC[C@@H]23)C[C@@H](O)C[C@@H]1O. The molecule has 5 nitrogen and oxygen atoms in total. The quantitative estimate of drug-likeness (QED) is 0.492. The van der Waals surface area contributed by atoms with Crippen LogP contribution in [0.4, 0.5) is 0 Å². The first-order valence-electron chi connectivity index (χ1n) is 13.4. The normalized spacial score (nSPS) is 34.1. The third kappa shape index (κ3) is 5.51. The van der Waals surface area contributed by atoms with Crippen LogP contribution in [0.15, 0.2) is 64.6 Å². The Balaban J connectivity index is 1.44. The van der Waals surface area contributed by atoms with Crippen LogP contribution in [0.2, 0.25) is 0 Å².